The van der Waals surface area contributed by atoms with E-state index in [1.165, 1.54) is 5.52 Å². The van der Waals surface area contributed by atoms with Gasteiger partial charge in [0, 0.05) is 24.5 Å². The molecule has 2 rings (SSSR count). The van der Waals surface area contributed by atoms with Crippen molar-refractivity contribution in [1.82, 2.24) is 14.5 Å². The van der Waals surface area contributed by atoms with Crippen LogP contribution in [0.1, 0.15) is 38.6 Å². The summed E-state index contributed by atoms with van der Waals surface area (Å²) >= 11 is 5.86. The van der Waals surface area contributed by atoms with Crippen molar-refractivity contribution >= 4 is 22.6 Å². The topological polar surface area (TPSA) is 30.7 Å². The first kappa shape index (κ1) is 12.4. The van der Waals surface area contributed by atoms with Crippen molar-refractivity contribution < 1.29 is 0 Å². The molecule has 0 unspecified atom stereocenters. The Balaban J connectivity index is 2.58. The first-order valence-electron chi connectivity index (χ1n) is 6.18. The monoisotopic (exact) mass is 251 g/mol. The zero-order valence-electron chi connectivity index (χ0n) is 10.4. The molecule has 0 saturated heterocycles. The highest BCUT2D eigenvalue weighted by molar-refractivity contribution is 6.17. The van der Waals surface area contributed by atoms with Crippen LogP contribution in [0.3, 0.4) is 0 Å². The van der Waals surface area contributed by atoms with E-state index in [4.69, 9.17) is 11.6 Å². The van der Waals surface area contributed by atoms with E-state index < -0.39 is 0 Å². The standard InChI is InChI=1S/C13H18ClN3/c1-3-10(4-2)17-12-6-8-15-9-11(12)16-13(17)5-7-14/h6,8-10H,3-5,7H2,1-2H3. The summed E-state index contributed by atoms with van der Waals surface area (Å²) in [5.41, 5.74) is 2.15. The van der Waals surface area contributed by atoms with Crippen molar-refractivity contribution in [3.05, 3.63) is 24.3 Å². The van der Waals surface area contributed by atoms with Crippen molar-refractivity contribution in [2.24, 2.45) is 0 Å². The van der Waals surface area contributed by atoms with Crippen LogP contribution in [-0.2, 0) is 6.42 Å². The molecule has 92 valence electrons. The van der Waals surface area contributed by atoms with Gasteiger partial charge in [-0.05, 0) is 18.9 Å². The minimum absolute atomic E-state index is 0.501. The van der Waals surface area contributed by atoms with E-state index in [0.717, 1.165) is 30.6 Å². The number of alkyl halides is 1. The minimum atomic E-state index is 0.501. The number of hydrogen-bond donors (Lipinski definition) is 0. The second-order valence-corrected chi connectivity index (χ2v) is 4.55. The second kappa shape index (κ2) is 5.50. The van der Waals surface area contributed by atoms with Crippen LogP contribution in [0.15, 0.2) is 18.5 Å². The lowest BCUT2D eigenvalue weighted by Crippen LogP contribution is -2.11. The van der Waals surface area contributed by atoms with E-state index in [0.29, 0.717) is 11.9 Å². The van der Waals surface area contributed by atoms with E-state index in [1.807, 2.05) is 18.5 Å². The van der Waals surface area contributed by atoms with Gasteiger partial charge in [-0.25, -0.2) is 4.98 Å². The molecule has 0 bridgehead atoms. The largest absolute Gasteiger partial charge is 0.325 e. The third-order valence-corrected chi connectivity index (χ3v) is 3.38. The summed E-state index contributed by atoms with van der Waals surface area (Å²) in [6.45, 7) is 4.43. The summed E-state index contributed by atoms with van der Waals surface area (Å²) in [4.78, 5) is 8.76. The van der Waals surface area contributed by atoms with Crippen LogP contribution in [0.4, 0.5) is 0 Å². The molecule has 0 spiro atoms. The Morgan fingerprint density at radius 3 is 2.76 bits per heavy atom. The Hall–Kier alpha value is -1.09. The number of aryl methyl sites for hydroxylation is 1. The first-order valence-corrected chi connectivity index (χ1v) is 6.72. The minimum Gasteiger partial charge on any atom is -0.325 e. The van der Waals surface area contributed by atoms with Crippen LogP contribution in [0.2, 0.25) is 0 Å². The third-order valence-electron chi connectivity index (χ3n) is 3.19. The van der Waals surface area contributed by atoms with E-state index in [2.05, 4.69) is 28.4 Å². The average molecular weight is 252 g/mol. The van der Waals surface area contributed by atoms with Crippen LogP contribution in [0.25, 0.3) is 11.0 Å². The molecule has 0 aliphatic rings. The van der Waals surface area contributed by atoms with Gasteiger partial charge in [0.1, 0.15) is 11.3 Å². The van der Waals surface area contributed by atoms with Crippen molar-refractivity contribution in [3.8, 4) is 0 Å². The molecule has 0 aliphatic carbocycles. The van der Waals surface area contributed by atoms with E-state index in [-0.39, 0.29) is 0 Å². The lowest BCUT2D eigenvalue weighted by atomic mass is 10.1. The number of nitrogens with zero attached hydrogens (tertiary/aromatic N) is 3. The maximum atomic E-state index is 5.86. The van der Waals surface area contributed by atoms with Gasteiger partial charge in [0.15, 0.2) is 0 Å². The lowest BCUT2D eigenvalue weighted by Gasteiger charge is -2.18. The van der Waals surface area contributed by atoms with Gasteiger partial charge in [-0.2, -0.15) is 0 Å². The molecule has 2 heterocycles. The molecule has 2 aromatic rings. The molecule has 2 aromatic heterocycles. The van der Waals surface area contributed by atoms with Gasteiger partial charge < -0.3 is 4.57 Å². The van der Waals surface area contributed by atoms with E-state index in [9.17, 15) is 0 Å². The van der Waals surface area contributed by atoms with Crippen molar-refractivity contribution in [2.45, 2.75) is 39.2 Å². The van der Waals surface area contributed by atoms with Crippen LogP contribution in [0.5, 0.6) is 0 Å². The number of fused-ring (bicyclic) bond motifs is 1. The SMILES string of the molecule is CCC(CC)n1c(CCCl)nc2cnccc21. The molecule has 3 nitrogen and oxygen atoms in total. The van der Waals surface area contributed by atoms with Crippen LogP contribution >= 0.6 is 11.6 Å². The molecular formula is C13H18ClN3. The highest BCUT2D eigenvalue weighted by Gasteiger charge is 2.15. The fraction of sp³-hybridized carbons (Fsp3) is 0.538. The predicted octanol–water partition coefficient (Wildman–Crippen LogP) is 3.57. The maximum absolute atomic E-state index is 5.86. The summed E-state index contributed by atoms with van der Waals surface area (Å²) < 4.78 is 2.33. The molecule has 0 aromatic carbocycles. The summed E-state index contributed by atoms with van der Waals surface area (Å²) in [7, 11) is 0. The zero-order chi connectivity index (χ0) is 12.3. The third kappa shape index (κ3) is 2.29. The van der Waals surface area contributed by atoms with E-state index >= 15 is 0 Å². The number of imidazole rings is 1. The van der Waals surface area contributed by atoms with Gasteiger partial charge in [0.25, 0.3) is 0 Å². The lowest BCUT2D eigenvalue weighted by molar-refractivity contribution is 0.468. The smallest absolute Gasteiger partial charge is 0.111 e. The Morgan fingerprint density at radius 2 is 2.12 bits per heavy atom. The van der Waals surface area contributed by atoms with Crippen LogP contribution < -0.4 is 0 Å². The normalized spacial score (nSPS) is 11.5. The molecule has 4 heteroatoms. The van der Waals surface area contributed by atoms with Gasteiger partial charge >= 0.3 is 0 Å². The molecular weight excluding hydrogens is 234 g/mol. The highest BCUT2D eigenvalue weighted by Crippen LogP contribution is 2.25. The summed E-state index contributed by atoms with van der Waals surface area (Å²) in [5.74, 6) is 1.69. The van der Waals surface area contributed by atoms with Gasteiger partial charge in [-0.1, -0.05) is 13.8 Å². The van der Waals surface area contributed by atoms with Crippen molar-refractivity contribution in [1.29, 1.82) is 0 Å². The molecule has 0 amide bonds. The fourth-order valence-electron chi connectivity index (χ4n) is 2.32. The quantitative estimate of drug-likeness (QED) is 0.761. The molecule has 0 atom stereocenters. The van der Waals surface area contributed by atoms with Gasteiger partial charge in [0.05, 0.1) is 11.7 Å². The number of rotatable bonds is 5. The first-order chi connectivity index (χ1) is 8.31. The molecule has 0 radical (unpaired) electrons. The number of aromatic nitrogens is 3. The average Bonchev–Trinajstić information content (AvgIpc) is 2.71. The van der Waals surface area contributed by atoms with Crippen molar-refractivity contribution in [2.75, 3.05) is 5.88 Å². The summed E-state index contributed by atoms with van der Waals surface area (Å²) in [5, 5.41) is 0. The van der Waals surface area contributed by atoms with E-state index in [1.54, 1.807) is 0 Å². The van der Waals surface area contributed by atoms with Crippen LogP contribution in [-0.4, -0.2) is 20.4 Å². The van der Waals surface area contributed by atoms with Gasteiger partial charge in [-0.15, -0.1) is 11.6 Å². The Labute approximate surface area is 107 Å². The fourth-order valence-corrected chi connectivity index (χ4v) is 2.49. The number of halogens is 1. The van der Waals surface area contributed by atoms with Crippen molar-refractivity contribution in [3.63, 3.8) is 0 Å². The number of pyridine rings is 1. The summed E-state index contributed by atoms with van der Waals surface area (Å²) in [6, 6.07) is 2.54. The highest BCUT2D eigenvalue weighted by atomic mass is 35.5. The maximum Gasteiger partial charge on any atom is 0.111 e. The molecule has 17 heavy (non-hydrogen) atoms. The molecule has 0 aliphatic heterocycles. The Morgan fingerprint density at radius 1 is 1.35 bits per heavy atom. The predicted molar refractivity (Wildman–Crippen MR) is 71.6 cm³/mol. The summed E-state index contributed by atoms with van der Waals surface area (Å²) in [6.07, 6.45) is 6.69. The Kier molecular flexibility index (Phi) is 4.00. The Bertz CT molecular complexity index is 488. The van der Waals surface area contributed by atoms with Crippen LogP contribution in [0, 0.1) is 0 Å². The zero-order valence-corrected chi connectivity index (χ0v) is 11.1. The molecule has 0 N–H and O–H groups in total. The van der Waals surface area contributed by atoms with Gasteiger partial charge in [0.2, 0.25) is 0 Å². The van der Waals surface area contributed by atoms with Gasteiger partial charge in [-0.3, -0.25) is 4.98 Å². The number of hydrogen-bond acceptors (Lipinski definition) is 2. The molecule has 0 saturated carbocycles. The second-order valence-electron chi connectivity index (χ2n) is 4.17. The molecule has 0 fully saturated rings.